The first-order valence-electron chi connectivity index (χ1n) is 5.30. The Morgan fingerprint density at radius 2 is 1.81 bits per heavy atom. The van der Waals surface area contributed by atoms with Crippen LogP contribution in [0.5, 0.6) is 5.75 Å². The summed E-state index contributed by atoms with van der Waals surface area (Å²) >= 11 is 6.02. The zero-order valence-electron chi connectivity index (χ0n) is 9.01. The van der Waals surface area contributed by atoms with E-state index >= 15 is 0 Å². The molecular weight excluding hydrogens is 228 g/mol. The van der Waals surface area contributed by atoms with Gasteiger partial charge in [-0.2, -0.15) is 0 Å². The lowest BCUT2D eigenvalue weighted by Crippen LogP contribution is -2.11. The van der Waals surface area contributed by atoms with E-state index in [0.717, 1.165) is 36.8 Å². The molecule has 3 nitrogen and oxygen atoms in total. The lowest BCUT2D eigenvalue weighted by molar-refractivity contribution is 0.0692. The third-order valence-electron chi connectivity index (χ3n) is 3.22. The van der Waals surface area contributed by atoms with Crippen molar-refractivity contribution >= 4 is 17.6 Å². The van der Waals surface area contributed by atoms with E-state index in [-0.39, 0.29) is 16.3 Å². The molecule has 0 atom stereocenters. The highest BCUT2D eigenvalue weighted by molar-refractivity contribution is 6.33. The average molecular weight is 241 g/mol. The summed E-state index contributed by atoms with van der Waals surface area (Å²) in [5.74, 6) is -1.41. The number of halogens is 1. The van der Waals surface area contributed by atoms with E-state index in [0.29, 0.717) is 5.56 Å². The molecule has 1 aliphatic carbocycles. The van der Waals surface area contributed by atoms with Gasteiger partial charge >= 0.3 is 5.97 Å². The van der Waals surface area contributed by atoms with Crippen molar-refractivity contribution in [2.45, 2.75) is 32.6 Å². The molecule has 0 heterocycles. The van der Waals surface area contributed by atoms with Crippen LogP contribution < -0.4 is 0 Å². The number of rotatable bonds is 1. The summed E-state index contributed by atoms with van der Waals surface area (Å²) < 4.78 is 0. The summed E-state index contributed by atoms with van der Waals surface area (Å²) in [6, 6.07) is 0. The lowest BCUT2D eigenvalue weighted by atomic mass is 9.86. The summed E-state index contributed by atoms with van der Waals surface area (Å²) in [6.45, 7) is 1.74. The molecule has 2 rings (SSSR count). The fourth-order valence-corrected chi connectivity index (χ4v) is 2.71. The van der Waals surface area contributed by atoms with Crippen LogP contribution in [-0.2, 0) is 12.8 Å². The molecule has 86 valence electrons. The van der Waals surface area contributed by atoms with E-state index in [2.05, 4.69) is 0 Å². The molecule has 0 fully saturated rings. The van der Waals surface area contributed by atoms with Crippen LogP contribution in [0.15, 0.2) is 0 Å². The minimum Gasteiger partial charge on any atom is -0.505 e. The van der Waals surface area contributed by atoms with E-state index in [1.54, 1.807) is 6.92 Å². The Morgan fingerprint density at radius 1 is 1.25 bits per heavy atom. The predicted octanol–water partition coefficient (Wildman–Crippen LogP) is 2.93. The second-order valence-corrected chi connectivity index (χ2v) is 4.51. The maximum absolute atomic E-state index is 11.1. The Labute approximate surface area is 98.7 Å². The molecule has 0 aromatic heterocycles. The molecule has 0 unspecified atom stereocenters. The Hall–Kier alpha value is -1.22. The number of aromatic hydroxyl groups is 1. The Balaban J connectivity index is 2.75. The molecule has 0 spiro atoms. The summed E-state index contributed by atoms with van der Waals surface area (Å²) in [5, 5.41) is 19.1. The van der Waals surface area contributed by atoms with Crippen molar-refractivity contribution in [1.29, 1.82) is 0 Å². The van der Waals surface area contributed by atoms with Crippen molar-refractivity contribution in [2.24, 2.45) is 0 Å². The van der Waals surface area contributed by atoms with E-state index < -0.39 is 5.97 Å². The van der Waals surface area contributed by atoms with Crippen molar-refractivity contribution in [3.8, 4) is 5.75 Å². The highest BCUT2D eigenvalue weighted by Crippen LogP contribution is 2.40. The first-order chi connectivity index (χ1) is 7.54. The molecule has 0 amide bonds. The van der Waals surface area contributed by atoms with E-state index in [1.165, 1.54) is 0 Å². The maximum Gasteiger partial charge on any atom is 0.339 e. The van der Waals surface area contributed by atoms with Crippen LogP contribution in [0.25, 0.3) is 0 Å². The molecule has 2 N–H and O–H groups in total. The molecule has 16 heavy (non-hydrogen) atoms. The third-order valence-corrected chi connectivity index (χ3v) is 3.63. The van der Waals surface area contributed by atoms with Gasteiger partial charge in [0.1, 0.15) is 11.3 Å². The minimum atomic E-state index is -1.12. The number of aromatic carboxylic acids is 1. The van der Waals surface area contributed by atoms with Crippen LogP contribution in [0.1, 0.15) is 39.9 Å². The summed E-state index contributed by atoms with van der Waals surface area (Å²) in [5.41, 5.74) is 2.54. The smallest absolute Gasteiger partial charge is 0.339 e. The van der Waals surface area contributed by atoms with Gasteiger partial charge in [-0.3, -0.25) is 0 Å². The quantitative estimate of drug-likeness (QED) is 0.794. The molecule has 0 saturated heterocycles. The van der Waals surface area contributed by atoms with Gasteiger partial charge in [-0.15, -0.1) is 0 Å². The predicted molar refractivity (Wildman–Crippen MR) is 61.5 cm³/mol. The van der Waals surface area contributed by atoms with Gasteiger partial charge < -0.3 is 10.2 Å². The first-order valence-corrected chi connectivity index (χ1v) is 5.68. The lowest BCUT2D eigenvalue weighted by Gasteiger charge is -2.22. The van der Waals surface area contributed by atoms with Crippen LogP contribution in [0, 0.1) is 6.92 Å². The van der Waals surface area contributed by atoms with Gasteiger partial charge in [-0.1, -0.05) is 11.6 Å². The Bertz CT molecular complexity index is 466. The van der Waals surface area contributed by atoms with Crippen molar-refractivity contribution in [1.82, 2.24) is 0 Å². The fourth-order valence-electron chi connectivity index (χ4n) is 2.40. The summed E-state index contributed by atoms with van der Waals surface area (Å²) in [7, 11) is 0. The number of fused-ring (bicyclic) bond motifs is 1. The van der Waals surface area contributed by atoms with Crippen molar-refractivity contribution in [2.75, 3.05) is 0 Å². The van der Waals surface area contributed by atoms with E-state index in [4.69, 9.17) is 16.7 Å². The van der Waals surface area contributed by atoms with Crippen molar-refractivity contribution in [3.63, 3.8) is 0 Å². The number of carbonyl (C=O) groups is 1. The monoisotopic (exact) mass is 240 g/mol. The van der Waals surface area contributed by atoms with Crippen molar-refractivity contribution in [3.05, 3.63) is 27.3 Å². The normalized spacial score (nSPS) is 14.6. The average Bonchev–Trinajstić information content (AvgIpc) is 2.26. The van der Waals surface area contributed by atoms with Gasteiger partial charge in [0, 0.05) is 0 Å². The molecule has 1 aliphatic rings. The molecule has 4 heteroatoms. The molecule has 1 aromatic carbocycles. The standard InChI is InChI=1S/C12H13ClO3/c1-6-7-4-2-3-5-8(7)10(13)11(14)9(6)12(15)16/h14H,2-5H2,1H3,(H,15,16). The molecule has 0 radical (unpaired) electrons. The van der Waals surface area contributed by atoms with Gasteiger partial charge in [0.15, 0.2) is 0 Å². The van der Waals surface area contributed by atoms with Gasteiger partial charge in [-0.25, -0.2) is 4.79 Å². The SMILES string of the molecule is Cc1c2c(c(Cl)c(O)c1C(=O)O)CCCC2. The largest absolute Gasteiger partial charge is 0.505 e. The second-order valence-electron chi connectivity index (χ2n) is 4.13. The first kappa shape index (κ1) is 11.3. The molecular formula is C12H13ClO3. The second kappa shape index (κ2) is 3.98. The summed E-state index contributed by atoms with van der Waals surface area (Å²) in [4.78, 5) is 11.1. The van der Waals surface area contributed by atoms with Crippen LogP contribution in [0.3, 0.4) is 0 Å². The third kappa shape index (κ3) is 1.55. The molecule has 1 aromatic rings. The van der Waals surface area contributed by atoms with Gasteiger partial charge in [0.25, 0.3) is 0 Å². The van der Waals surface area contributed by atoms with E-state index in [9.17, 15) is 9.90 Å². The van der Waals surface area contributed by atoms with Crippen LogP contribution in [-0.4, -0.2) is 16.2 Å². The van der Waals surface area contributed by atoms with Gasteiger partial charge in [0.05, 0.1) is 5.02 Å². The van der Waals surface area contributed by atoms with Gasteiger partial charge in [0.2, 0.25) is 0 Å². The number of carboxylic acid groups (broad SMARTS) is 1. The topological polar surface area (TPSA) is 57.5 Å². The van der Waals surface area contributed by atoms with Crippen LogP contribution in [0.2, 0.25) is 5.02 Å². The molecule has 0 aliphatic heterocycles. The Kier molecular flexibility index (Phi) is 2.80. The number of benzene rings is 1. The van der Waals surface area contributed by atoms with Crippen molar-refractivity contribution < 1.29 is 15.0 Å². The fraction of sp³-hybridized carbons (Fsp3) is 0.417. The number of hydrogen-bond donors (Lipinski definition) is 2. The number of hydrogen-bond acceptors (Lipinski definition) is 2. The minimum absolute atomic E-state index is 0.0503. The van der Waals surface area contributed by atoms with Gasteiger partial charge in [-0.05, 0) is 49.3 Å². The Morgan fingerprint density at radius 3 is 2.38 bits per heavy atom. The molecule has 0 saturated carbocycles. The number of carboxylic acids is 1. The highest BCUT2D eigenvalue weighted by atomic mass is 35.5. The highest BCUT2D eigenvalue weighted by Gasteiger charge is 2.25. The number of phenols is 1. The zero-order valence-corrected chi connectivity index (χ0v) is 9.76. The summed E-state index contributed by atoms with van der Waals surface area (Å²) in [6.07, 6.45) is 3.76. The molecule has 0 bridgehead atoms. The maximum atomic E-state index is 11.1. The zero-order chi connectivity index (χ0) is 11.9. The van der Waals surface area contributed by atoms with E-state index in [1.807, 2.05) is 0 Å². The van der Waals surface area contributed by atoms with Crippen LogP contribution in [0.4, 0.5) is 0 Å². The van der Waals surface area contributed by atoms with Crippen LogP contribution >= 0.6 is 11.6 Å².